The molecule has 1 heterocycles. The summed E-state index contributed by atoms with van der Waals surface area (Å²) in [5.74, 6) is -0.00612. The zero-order chi connectivity index (χ0) is 17.3. The molecule has 6 heteroatoms. The van der Waals surface area contributed by atoms with E-state index in [-0.39, 0.29) is 11.7 Å². The number of benzene rings is 2. The van der Waals surface area contributed by atoms with Gasteiger partial charge in [0.05, 0.1) is 11.4 Å². The van der Waals surface area contributed by atoms with Gasteiger partial charge in [-0.05, 0) is 61.9 Å². The van der Waals surface area contributed by atoms with Crippen molar-refractivity contribution in [2.45, 2.75) is 13.8 Å². The van der Waals surface area contributed by atoms with E-state index < -0.39 is 0 Å². The standard InChI is InChI=1S/C18H15BrFN3O/c1-11-9-13(19)3-8-16(11)18(24)21-17-10-12(2)22-23(17)15-6-4-14(20)5-7-15/h3-10H,1-2H3,(H,21,24). The summed E-state index contributed by atoms with van der Waals surface area (Å²) in [4.78, 5) is 12.6. The van der Waals surface area contributed by atoms with E-state index in [1.807, 2.05) is 26.0 Å². The average molecular weight is 388 g/mol. The Kier molecular flexibility index (Phi) is 4.49. The van der Waals surface area contributed by atoms with Crippen LogP contribution >= 0.6 is 15.9 Å². The summed E-state index contributed by atoms with van der Waals surface area (Å²) in [5.41, 5.74) is 2.88. The minimum Gasteiger partial charge on any atom is -0.306 e. The Hall–Kier alpha value is -2.47. The van der Waals surface area contributed by atoms with E-state index in [0.29, 0.717) is 17.1 Å². The highest BCUT2D eigenvalue weighted by atomic mass is 79.9. The fourth-order valence-corrected chi connectivity index (χ4v) is 2.91. The van der Waals surface area contributed by atoms with E-state index in [1.54, 1.807) is 28.9 Å². The normalized spacial score (nSPS) is 10.7. The van der Waals surface area contributed by atoms with Gasteiger partial charge in [-0.2, -0.15) is 5.10 Å². The van der Waals surface area contributed by atoms with E-state index >= 15 is 0 Å². The van der Waals surface area contributed by atoms with Gasteiger partial charge in [-0.3, -0.25) is 4.79 Å². The lowest BCUT2D eigenvalue weighted by atomic mass is 10.1. The maximum atomic E-state index is 13.1. The molecule has 2 aromatic carbocycles. The van der Waals surface area contributed by atoms with E-state index in [1.165, 1.54) is 12.1 Å². The lowest BCUT2D eigenvalue weighted by Crippen LogP contribution is -2.16. The molecular weight excluding hydrogens is 373 g/mol. The van der Waals surface area contributed by atoms with Gasteiger partial charge < -0.3 is 5.32 Å². The number of aromatic nitrogens is 2. The van der Waals surface area contributed by atoms with Gasteiger partial charge in [0.2, 0.25) is 0 Å². The first-order valence-corrected chi connectivity index (χ1v) is 8.13. The molecule has 0 bridgehead atoms. The van der Waals surface area contributed by atoms with Crippen molar-refractivity contribution >= 4 is 27.7 Å². The number of hydrogen-bond donors (Lipinski definition) is 1. The summed E-state index contributed by atoms with van der Waals surface area (Å²) < 4.78 is 15.6. The van der Waals surface area contributed by atoms with Gasteiger partial charge in [0.15, 0.2) is 0 Å². The van der Waals surface area contributed by atoms with E-state index in [2.05, 4.69) is 26.3 Å². The predicted octanol–water partition coefficient (Wildman–Crippen LogP) is 4.64. The number of carbonyl (C=O) groups excluding carboxylic acids is 1. The van der Waals surface area contributed by atoms with Crippen molar-refractivity contribution in [3.05, 3.63) is 75.6 Å². The molecule has 0 radical (unpaired) electrons. The van der Waals surface area contributed by atoms with Crippen LogP contribution < -0.4 is 5.32 Å². The highest BCUT2D eigenvalue weighted by Crippen LogP contribution is 2.20. The molecule has 0 saturated carbocycles. The van der Waals surface area contributed by atoms with Crippen LogP contribution in [0.1, 0.15) is 21.6 Å². The molecule has 122 valence electrons. The van der Waals surface area contributed by atoms with Gasteiger partial charge in [-0.25, -0.2) is 9.07 Å². The van der Waals surface area contributed by atoms with Crippen molar-refractivity contribution in [2.75, 3.05) is 5.32 Å². The first-order chi connectivity index (χ1) is 11.4. The number of halogens is 2. The van der Waals surface area contributed by atoms with Crippen molar-refractivity contribution < 1.29 is 9.18 Å². The molecule has 0 atom stereocenters. The smallest absolute Gasteiger partial charge is 0.257 e. The Bertz CT molecular complexity index is 903. The summed E-state index contributed by atoms with van der Waals surface area (Å²) >= 11 is 3.39. The number of amides is 1. The van der Waals surface area contributed by atoms with E-state index in [9.17, 15) is 9.18 Å². The number of nitrogens with zero attached hydrogens (tertiary/aromatic N) is 2. The number of rotatable bonds is 3. The molecular formula is C18H15BrFN3O. The van der Waals surface area contributed by atoms with Crippen LogP contribution in [0.4, 0.5) is 10.2 Å². The molecule has 4 nitrogen and oxygen atoms in total. The van der Waals surface area contributed by atoms with Gasteiger partial charge in [0.25, 0.3) is 5.91 Å². The summed E-state index contributed by atoms with van der Waals surface area (Å²) in [6.07, 6.45) is 0. The average Bonchev–Trinajstić information content (AvgIpc) is 2.88. The SMILES string of the molecule is Cc1cc(NC(=O)c2ccc(Br)cc2C)n(-c2ccc(F)cc2)n1. The molecule has 0 aliphatic carbocycles. The highest BCUT2D eigenvalue weighted by Gasteiger charge is 2.14. The third kappa shape index (κ3) is 3.38. The van der Waals surface area contributed by atoms with Crippen molar-refractivity contribution in [2.24, 2.45) is 0 Å². The van der Waals surface area contributed by atoms with Crippen LogP contribution in [-0.4, -0.2) is 15.7 Å². The zero-order valence-electron chi connectivity index (χ0n) is 13.2. The van der Waals surface area contributed by atoms with Crippen LogP contribution in [-0.2, 0) is 0 Å². The summed E-state index contributed by atoms with van der Waals surface area (Å²) in [6, 6.07) is 13.2. The molecule has 0 fully saturated rings. The Morgan fingerprint density at radius 3 is 2.50 bits per heavy atom. The number of carbonyl (C=O) groups is 1. The second kappa shape index (κ2) is 6.57. The van der Waals surface area contributed by atoms with Crippen molar-refractivity contribution in [1.29, 1.82) is 0 Å². The number of hydrogen-bond acceptors (Lipinski definition) is 2. The van der Waals surface area contributed by atoms with Gasteiger partial charge >= 0.3 is 0 Å². The third-order valence-electron chi connectivity index (χ3n) is 3.58. The topological polar surface area (TPSA) is 46.9 Å². The number of nitrogens with one attached hydrogen (secondary N) is 1. The highest BCUT2D eigenvalue weighted by molar-refractivity contribution is 9.10. The Morgan fingerprint density at radius 1 is 1.12 bits per heavy atom. The van der Waals surface area contributed by atoms with Crippen molar-refractivity contribution in [3.63, 3.8) is 0 Å². The number of aryl methyl sites for hydroxylation is 2. The lowest BCUT2D eigenvalue weighted by molar-refractivity contribution is 0.102. The summed E-state index contributed by atoms with van der Waals surface area (Å²) in [5, 5.41) is 7.24. The van der Waals surface area contributed by atoms with Gasteiger partial charge in [0, 0.05) is 16.1 Å². The molecule has 1 amide bonds. The van der Waals surface area contributed by atoms with Gasteiger partial charge in [0.1, 0.15) is 11.6 Å². The molecule has 0 aliphatic heterocycles. The minimum absolute atomic E-state index is 0.219. The first kappa shape index (κ1) is 16.4. The van der Waals surface area contributed by atoms with Crippen LogP contribution in [0.15, 0.2) is 53.0 Å². The van der Waals surface area contributed by atoms with Crippen LogP contribution in [0.5, 0.6) is 0 Å². The molecule has 0 spiro atoms. The maximum absolute atomic E-state index is 13.1. The molecule has 0 unspecified atom stereocenters. The fraction of sp³-hybridized carbons (Fsp3) is 0.111. The number of anilines is 1. The Morgan fingerprint density at radius 2 is 1.83 bits per heavy atom. The molecule has 3 rings (SSSR count). The molecule has 1 aromatic heterocycles. The monoisotopic (exact) mass is 387 g/mol. The fourth-order valence-electron chi connectivity index (χ4n) is 2.43. The van der Waals surface area contributed by atoms with E-state index in [0.717, 1.165) is 15.7 Å². The van der Waals surface area contributed by atoms with Crippen LogP contribution in [0.2, 0.25) is 0 Å². The van der Waals surface area contributed by atoms with Crippen molar-refractivity contribution in [1.82, 2.24) is 9.78 Å². The Balaban J connectivity index is 1.93. The molecule has 24 heavy (non-hydrogen) atoms. The van der Waals surface area contributed by atoms with Crippen LogP contribution in [0.3, 0.4) is 0 Å². The van der Waals surface area contributed by atoms with Crippen LogP contribution in [0, 0.1) is 19.7 Å². The predicted molar refractivity (Wildman–Crippen MR) is 95.1 cm³/mol. The minimum atomic E-state index is -0.321. The largest absolute Gasteiger partial charge is 0.306 e. The molecule has 1 N–H and O–H groups in total. The zero-order valence-corrected chi connectivity index (χ0v) is 14.8. The lowest BCUT2D eigenvalue weighted by Gasteiger charge is -2.10. The first-order valence-electron chi connectivity index (χ1n) is 7.34. The quantitative estimate of drug-likeness (QED) is 0.711. The third-order valence-corrected chi connectivity index (χ3v) is 4.07. The summed E-state index contributed by atoms with van der Waals surface area (Å²) in [7, 11) is 0. The second-order valence-corrected chi connectivity index (χ2v) is 6.39. The van der Waals surface area contributed by atoms with Gasteiger partial charge in [-0.1, -0.05) is 15.9 Å². The van der Waals surface area contributed by atoms with Crippen LogP contribution in [0.25, 0.3) is 5.69 Å². The van der Waals surface area contributed by atoms with E-state index in [4.69, 9.17) is 0 Å². The van der Waals surface area contributed by atoms with Gasteiger partial charge in [-0.15, -0.1) is 0 Å². The maximum Gasteiger partial charge on any atom is 0.257 e. The van der Waals surface area contributed by atoms with Crippen molar-refractivity contribution in [3.8, 4) is 5.69 Å². The molecule has 3 aromatic rings. The second-order valence-electron chi connectivity index (χ2n) is 5.47. The molecule has 0 aliphatic rings. The Labute approximate surface area is 147 Å². The summed E-state index contributed by atoms with van der Waals surface area (Å²) in [6.45, 7) is 3.71. The molecule has 0 saturated heterocycles.